The van der Waals surface area contributed by atoms with Gasteiger partial charge in [-0.15, -0.1) is 0 Å². The molecule has 0 aliphatic rings. The monoisotopic (exact) mass is 623 g/mol. The van der Waals surface area contributed by atoms with Crippen LogP contribution in [0.25, 0.3) is 0 Å². The summed E-state index contributed by atoms with van der Waals surface area (Å²) >= 11 is 0. The number of rotatable bonds is 21. The number of carbonyl (C=O) groups excluding carboxylic acids is 2. The van der Waals surface area contributed by atoms with Gasteiger partial charge < -0.3 is 39.2 Å². The van der Waals surface area contributed by atoms with Crippen molar-refractivity contribution in [2.45, 2.75) is 98.3 Å². The predicted molar refractivity (Wildman–Crippen MR) is 167 cm³/mol. The quantitative estimate of drug-likeness (QED) is 0.0948. The van der Waals surface area contributed by atoms with Gasteiger partial charge in [-0.05, 0) is 76.5 Å². The minimum Gasteiger partial charge on any atom is -0.490 e. The molecule has 11 nitrogen and oxygen atoms in total. The number of carboxylic acids is 1. The van der Waals surface area contributed by atoms with Crippen molar-refractivity contribution < 1.29 is 48.3 Å². The SMILES string of the molecule is CCOC(=C=O)CCOc1ccc(C[C@@H](C[C@H](NC(=O)OC(C)(C)C)[C@@H](O)C[C@@H](C)C(=O)O)C(C)C)cc1OCCCOC. The van der Waals surface area contributed by atoms with E-state index in [2.05, 4.69) is 19.2 Å². The highest BCUT2D eigenvalue weighted by Crippen LogP contribution is 2.32. The molecule has 0 aliphatic heterocycles. The summed E-state index contributed by atoms with van der Waals surface area (Å²) in [5.74, 6) is 1.42. The first-order valence-corrected chi connectivity index (χ1v) is 15.3. The first-order valence-electron chi connectivity index (χ1n) is 15.3. The van der Waals surface area contributed by atoms with Crippen LogP contribution >= 0.6 is 0 Å². The maximum absolute atomic E-state index is 12.7. The molecule has 0 radical (unpaired) electrons. The van der Waals surface area contributed by atoms with Gasteiger partial charge in [0.15, 0.2) is 23.2 Å². The number of carboxylic acid groups (broad SMARTS) is 1. The summed E-state index contributed by atoms with van der Waals surface area (Å²) in [6.45, 7) is 14.2. The minimum absolute atomic E-state index is 0.00399. The van der Waals surface area contributed by atoms with E-state index in [1.807, 2.05) is 18.2 Å². The van der Waals surface area contributed by atoms with E-state index in [4.69, 9.17) is 23.7 Å². The zero-order chi connectivity index (χ0) is 33.3. The summed E-state index contributed by atoms with van der Waals surface area (Å²) in [6.07, 6.45) is 0.169. The van der Waals surface area contributed by atoms with Gasteiger partial charge in [-0.25, -0.2) is 9.59 Å². The zero-order valence-electron chi connectivity index (χ0n) is 27.6. The van der Waals surface area contributed by atoms with E-state index in [0.29, 0.717) is 50.6 Å². The van der Waals surface area contributed by atoms with E-state index in [-0.39, 0.29) is 37.0 Å². The van der Waals surface area contributed by atoms with E-state index >= 15 is 0 Å². The number of hydrogen-bond acceptors (Lipinski definition) is 9. The second kappa shape index (κ2) is 19.9. The van der Waals surface area contributed by atoms with E-state index in [9.17, 15) is 24.6 Å². The van der Waals surface area contributed by atoms with Gasteiger partial charge in [0, 0.05) is 20.1 Å². The topological polar surface area (TPSA) is 150 Å². The van der Waals surface area contributed by atoms with Crippen molar-refractivity contribution in [1.29, 1.82) is 0 Å². The van der Waals surface area contributed by atoms with E-state index in [1.165, 1.54) is 6.92 Å². The van der Waals surface area contributed by atoms with Gasteiger partial charge in [-0.2, -0.15) is 0 Å². The highest BCUT2D eigenvalue weighted by Gasteiger charge is 2.31. The van der Waals surface area contributed by atoms with Crippen LogP contribution in [0.1, 0.15) is 79.7 Å². The molecule has 0 aliphatic carbocycles. The van der Waals surface area contributed by atoms with Crippen molar-refractivity contribution in [1.82, 2.24) is 5.32 Å². The molecule has 0 fully saturated rings. The first-order chi connectivity index (χ1) is 20.7. The molecule has 1 aromatic carbocycles. The van der Waals surface area contributed by atoms with E-state index < -0.39 is 35.7 Å². The highest BCUT2D eigenvalue weighted by atomic mass is 16.6. The van der Waals surface area contributed by atoms with E-state index in [0.717, 1.165) is 5.56 Å². The Morgan fingerprint density at radius 1 is 1.02 bits per heavy atom. The number of amides is 1. The van der Waals surface area contributed by atoms with Crippen molar-refractivity contribution in [2.24, 2.45) is 17.8 Å². The van der Waals surface area contributed by atoms with E-state index in [1.54, 1.807) is 40.7 Å². The fraction of sp³-hybridized carbons (Fsp3) is 0.697. The highest BCUT2D eigenvalue weighted by molar-refractivity contribution is 5.70. The normalized spacial score (nSPS) is 14.1. The van der Waals surface area contributed by atoms with Crippen LogP contribution in [0.2, 0.25) is 0 Å². The Morgan fingerprint density at radius 2 is 1.70 bits per heavy atom. The number of nitrogens with one attached hydrogen (secondary N) is 1. The molecule has 1 rings (SSSR count). The minimum atomic E-state index is -1.09. The predicted octanol–water partition coefficient (Wildman–Crippen LogP) is 5.19. The fourth-order valence-electron chi connectivity index (χ4n) is 4.50. The Labute approximate surface area is 262 Å². The number of aliphatic hydroxyl groups excluding tert-OH is 1. The van der Waals surface area contributed by atoms with Crippen LogP contribution in [0.15, 0.2) is 24.0 Å². The summed E-state index contributed by atoms with van der Waals surface area (Å²) in [6, 6.07) is 4.95. The molecule has 250 valence electrons. The van der Waals surface area contributed by atoms with Crippen LogP contribution in [0.4, 0.5) is 4.79 Å². The molecule has 1 aromatic rings. The lowest BCUT2D eigenvalue weighted by molar-refractivity contribution is -0.142. The number of aliphatic carboxylic acids is 1. The summed E-state index contributed by atoms with van der Waals surface area (Å²) in [4.78, 5) is 35.2. The molecule has 0 saturated carbocycles. The van der Waals surface area contributed by atoms with Crippen LogP contribution < -0.4 is 14.8 Å². The standard InChI is InChI=1S/C33H53NO10/c1-9-41-26(21-35)13-16-43-29-12-11-24(19-30(29)42-15-10-14-40-8)18-25(22(2)3)20-27(28(36)17-23(4)31(37)38)34-32(39)44-33(5,6)7/h11-12,19,22-23,25,27-28,36H,9-10,13-18,20H2,1-8H3,(H,34,39)(H,37,38)/t23-,25+,27+,28+/m1/s1. The molecule has 44 heavy (non-hydrogen) atoms. The number of aliphatic hydroxyl groups is 1. The fourth-order valence-corrected chi connectivity index (χ4v) is 4.50. The lowest BCUT2D eigenvalue weighted by atomic mass is 9.82. The van der Waals surface area contributed by atoms with Gasteiger partial charge in [0.2, 0.25) is 0 Å². The van der Waals surface area contributed by atoms with Gasteiger partial charge >= 0.3 is 12.1 Å². The maximum atomic E-state index is 12.7. The number of hydrogen-bond donors (Lipinski definition) is 3. The Kier molecular flexibility index (Phi) is 17.5. The van der Waals surface area contributed by atoms with Gasteiger partial charge in [-0.3, -0.25) is 4.79 Å². The Balaban J connectivity index is 3.20. The van der Waals surface area contributed by atoms with Gasteiger partial charge in [0.25, 0.3) is 0 Å². The maximum Gasteiger partial charge on any atom is 0.407 e. The number of benzene rings is 1. The number of methoxy groups -OCH3 is 1. The van der Waals surface area contributed by atoms with Crippen LogP contribution in [-0.4, -0.2) is 79.5 Å². The molecule has 0 heterocycles. The molecule has 4 atom stereocenters. The second-order valence-electron chi connectivity index (χ2n) is 12.3. The number of ether oxygens (including phenoxy) is 5. The Bertz CT molecular complexity index is 1060. The summed E-state index contributed by atoms with van der Waals surface area (Å²) < 4.78 is 27.8. The van der Waals surface area contributed by atoms with Crippen LogP contribution in [0.3, 0.4) is 0 Å². The van der Waals surface area contributed by atoms with Gasteiger partial charge in [0.05, 0.1) is 44.3 Å². The Hall–Kier alpha value is -3.27. The molecule has 11 heteroatoms. The van der Waals surface area contributed by atoms with Crippen LogP contribution in [0.5, 0.6) is 11.5 Å². The number of alkyl carbamates (subject to hydrolysis) is 1. The molecule has 1 amide bonds. The molecule has 0 unspecified atom stereocenters. The van der Waals surface area contributed by atoms with Crippen molar-refractivity contribution >= 4 is 18.0 Å². The molecule has 3 N–H and O–H groups in total. The average molecular weight is 624 g/mol. The zero-order valence-corrected chi connectivity index (χ0v) is 27.6. The molecule has 0 saturated heterocycles. The molecule has 0 spiro atoms. The summed E-state index contributed by atoms with van der Waals surface area (Å²) in [5.41, 5.74) is 0.230. The van der Waals surface area contributed by atoms with Crippen molar-refractivity contribution in [3.8, 4) is 11.5 Å². The third-order valence-electron chi connectivity index (χ3n) is 6.96. The van der Waals surface area contributed by atoms with Crippen LogP contribution in [0, 0.1) is 17.8 Å². The van der Waals surface area contributed by atoms with Gasteiger partial charge in [0.1, 0.15) is 5.60 Å². The average Bonchev–Trinajstić information content (AvgIpc) is 2.93. The number of carbonyl (C=O) groups is 2. The Morgan fingerprint density at radius 3 is 2.27 bits per heavy atom. The third-order valence-corrected chi connectivity index (χ3v) is 6.96. The van der Waals surface area contributed by atoms with Crippen molar-refractivity contribution in [3.05, 3.63) is 29.5 Å². The smallest absolute Gasteiger partial charge is 0.407 e. The van der Waals surface area contributed by atoms with Crippen LogP contribution in [-0.2, 0) is 30.2 Å². The molecule has 0 aromatic heterocycles. The lowest BCUT2D eigenvalue weighted by Gasteiger charge is -2.32. The van der Waals surface area contributed by atoms with Gasteiger partial charge in [-0.1, -0.05) is 26.8 Å². The van der Waals surface area contributed by atoms with Crippen molar-refractivity contribution in [2.75, 3.05) is 33.5 Å². The summed E-state index contributed by atoms with van der Waals surface area (Å²) in [5, 5.41) is 23.2. The third kappa shape index (κ3) is 15.5. The molecular formula is C33H53NO10. The molecule has 0 bridgehead atoms. The van der Waals surface area contributed by atoms with Crippen molar-refractivity contribution in [3.63, 3.8) is 0 Å². The second-order valence-corrected chi connectivity index (χ2v) is 12.3. The summed E-state index contributed by atoms with van der Waals surface area (Å²) in [7, 11) is 1.63. The lowest BCUT2D eigenvalue weighted by Crippen LogP contribution is -2.47. The largest absolute Gasteiger partial charge is 0.490 e. The molecular weight excluding hydrogens is 570 g/mol. The first kappa shape index (κ1) is 38.8.